The third kappa shape index (κ3) is 45.9. The lowest BCUT2D eigenvalue weighted by Crippen LogP contribution is -2.45. The second-order valence-corrected chi connectivity index (χ2v) is 18.2. The van der Waals surface area contributed by atoms with Gasteiger partial charge in [-0.3, -0.25) is 9.59 Å². The quantitative estimate of drug-likeness (QED) is 0.0322. The summed E-state index contributed by atoms with van der Waals surface area (Å²) in [6, 6.07) is -0.562. The Morgan fingerprint density at radius 3 is 1.24 bits per heavy atom. The fourth-order valence-corrected chi connectivity index (χ4v) is 8.22. The van der Waals surface area contributed by atoms with Crippen LogP contribution in [0, 0.1) is 0 Å². The van der Waals surface area contributed by atoms with E-state index in [1.807, 2.05) is 0 Å². The highest BCUT2D eigenvalue weighted by molar-refractivity contribution is 5.76. The third-order valence-electron chi connectivity index (χ3n) is 12.3. The van der Waals surface area contributed by atoms with Gasteiger partial charge in [0, 0.05) is 12.8 Å². The number of aliphatic hydroxyl groups excluding tert-OH is 2. The molecule has 0 aromatic carbocycles. The summed E-state index contributed by atoms with van der Waals surface area (Å²) >= 11 is 0. The first-order chi connectivity index (χ1) is 29.0. The van der Waals surface area contributed by atoms with Crippen LogP contribution < -0.4 is 5.32 Å². The summed E-state index contributed by atoms with van der Waals surface area (Å²) in [5.74, 6) is -0.0948. The third-order valence-corrected chi connectivity index (χ3v) is 12.3. The molecule has 0 aliphatic heterocycles. The van der Waals surface area contributed by atoms with Crippen molar-refractivity contribution in [3.8, 4) is 0 Å². The van der Waals surface area contributed by atoms with Gasteiger partial charge in [-0.05, 0) is 51.4 Å². The average molecular weight is 834 g/mol. The summed E-state index contributed by atoms with van der Waals surface area (Å²) < 4.78 is 5.43. The number of ether oxygens (including phenoxy) is 1. The molecule has 0 fully saturated rings. The van der Waals surface area contributed by atoms with Crippen LogP contribution >= 0.6 is 0 Å². The van der Waals surface area contributed by atoms with Gasteiger partial charge in [0.2, 0.25) is 5.91 Å². The van der Waals surface area contributed by atoms with Crippen LogP contribution in [0.25, 0.3) is 0 Å². The number of carbonyl (C=O) groups is 2. The Hall–Kier alpha value is -1.40. The van der Waals surface area contributed by atoms with Gasteiger partial charge in [-0.25, -0.2) is 0 Å². The van der Waals surface area contributed by atoms with Crippen LogP contribution in [0.4, 0.5) is 0 Å². The number of carbonyl (C=O) groups excluding carboxylic acids is 2. The van der Waals surface area contributed by atoms with Crippen molar-refractivity contribution in [2.75, 3.05) is 13.2 Å². The first kappa shape index (κ1) is 57.6. The van der Waals surface area contributed by atoms with Gasteiger partial charge in [-0.2, -0.15) is 0 Å². The fourth-order valence-electron chi connectivity index (χ4n) is 8.22. The maximum Gasteiger partial charge on any atom is 0.305 e. The van der Waals surface area contributed by atoms with Crippen molar-refractivity contribution in [3.63, 3.8) is 0 Å². The second-order valence-electron chi connectivity index (χ2n) is 18.2. The van der Waals surface area contributed by atoms with Crippen LogP contribution in [0.1, 0.15) is 290 Å². The standard InChI is InChI=1S/C53H103NO5/c1-3-5-7-9-11-13-15-17-18-19-20-21-22-23-24-25-26-29-33-37-41-45-51(56)50(49-55)54-52(57)46-42-38-34-30-28-32-36-40-44-48-59-53(58)47-43-39-35-31-27-16-14-12-10-8-6-4-2/h12,14,50-51,55-56H,3-11,13,15-49H2,1-2H3,(H,54,57)/b14-12-. The zero-order valence-corrected chi connectivity index (χ0v) is 39.7. The molecule has 350 valence electrons. The van der Waals surface area contributed by atoms with Gasteiger partial charge in [0.1, 0.15) is 0 Å². The normalized spacial score (nSPS) is 12.7. The highest BCUT2D eigenvalue weighted by Gasteiger charge is 2.20. The maximum atomic E-state index is 12.5. The number of nitrogens with one attached hydrogen (secondary N) is 1. The zero-order valence-electron chi connectivity index (χ0n) is 39.7. The van der Waals surface area contributed by atoms with E-state index in [4.69, 9.17) is 4.74 Å². The van der Waals surface area contributed by atoms with Gasteiger partial charge in [0.25, 0.3) is 0 Å². The minimum absolute atomic E-state index is 0.0342. The molecule has 0 aromatic heterocycles. The molecule has 1 amide bonds. The number of rotatable bonds is 49. The van der Waals surface area contributed by atoms with E-state index in [0.29, 0.717) is 25.9 Å². The maximum absolute atomic E-state index is 12.5. The molecule has 0 bridgehead atoms. The lowest BCUT2D eigenvalue weighted by atomic mass is 10.0. The summed E-state index contributed by atoms with van der Waals surface area (Å²) in [6.07, 6.45) is 56.1. The average Bonchev–Trinajstić information content (AvgIpc) is 3.24. The molecule has 2 atom stereocenters. The molecule has 0 spiro atoms. The number of unbranched alkanes of at least 4 members (excludes halogenated alkanes) is 36. The molecule has 0 heterocycles. The first-order valence-corrected chi connectivity index (χ1v) is 26.4. The number of hydrogen-bond acceptors (Lipinski definition) is 5. The van der Waals surface area contributed by atoms with Crippen molar-refractivity contribution in [1.82, 2.24) is 5.32 Å². The van der Waals surface area contributed by atoms with Crippen molar-refractivity contribution in [2.24, 2.45) is 0 Å². The Morgan fingerprint density at radius 2 is 0.797 bits per heavy atom. The van der Waals surface area contributed by atoms with Crippen LogP contribution in [0.15, 0.2) is 12.2 Å². The molecule has 0 aliphatic carbocycles. The highest BCUT2D eigenvalue weighted by atomic mass is 16.5. The topological polar surface area (TPSA) is 95.9 Å². The molecular weight excluding hydrogens is 731 g/mol. The Labute approximate surface area is 368 Å². The first-order valence-electron chi connectivity index (χ1n) is 26.4. The lowest BCUT2D eigenvalue weighted by molar-refractivity contribution is -0.143. The zero-order chi connectivity index (χ0) is 43.0. The molecule has 0 radical (unpaired) electrons. The number of amides is 1. The molecule has 59 heavy (non-hydrogen) atoms. The summed E-state index contributed by atoms with van der Waals surface area (Å²) in [4.78, 5) is 24.5. The SMILES string of the molecule is CCCCC/C=C\CCCCCCCC(=O)OCCCCCCCCCCCC(=O)NC(CO)C(O)CCCCCCCCCCCCCCCCCCCCCCC. The Morgan fingerprint density at radius 1 is 0.458 bits per heavy atom. The second kappa shape index (κ2) is 49.3. The molecule has 6 nitrogen and oxygen atoms in total. The summed E-state index contributed by atoms with van der Waals surface area (Å²) in [5.41, 5.74) is 0. The van der Waals surface area contributed by atoms with E-state index in [1.165, 1.54) is 199 Å². The van der Waals surface area contributed by atoms with Gasteiger partial charge >= 0.3 is 5.97 Å². The largest absolute Gasteiger partial charge is 0.466 e. The molecule has 3 N–H and O–H groups in total. The summed E-state index contributed by atoms with van der Waals surface area (Å²) in [6.45, 7) is 4.88. The van der Waals surface area contributed by atoms with E-state index in [-0.39, 0.29) is 18.5 Å². The van der Waals surface area contributed by atoms with Crippen molar-refractivity contribution >= 4 is 11.9 Å². The lowest BCUT2D eigenvalue weighted by Gasteiger charge is -2.22. The van der Waals surface area contributed by atoms with E-state index >= 15 is 0 Å². The number of aliphatic hydroxyl groups is 2. The highest BCUT2D eigenvalue weighted by Crippen LogP contribution is 2.17. The summed E-state index contributed by atoms with van der Waals surface area (Å²) in [7, 11) is 0. The molecule has 6 heteroatoms. The minimum Gasteiger partial charge on any atom is -0.466 e. The van der Waals surface area contributed by atoms with E-state index in [1.54, 1.807) is 0 Å². The molecule has 2 unspecified atom stereocenters. The van der Waals surface area contributed by atoms with Crippen LogP contribution in [-0.4, -0.2) is 47.4 Å². The monoisotopic (exact) mass is 834 g/mol. The van der Waals surface area contributed by atoms with Crippen molar-refractivity contribution < 1.29 is 24.5 Å². The van der Waals surface area contributed by atoms with E-state index in [9.17, 15) is 19.8 Å². The molecule has 0 aromatic rings. The Bertz CT molecular complexity index is 878. The van der Waals surface area contributed by atoms with E-state index in [0.717, 1.165) is 57.8 Å². The number of esters is 1. The van der Waals surface area contributed by atoms with Crippen LogP contribution in [0.2, 0.25) is 0 Å². The van der Waals surface area contributed by atoms with Crippen molar-refractivity contribution in [2.45, 2.75) is 302 Å². The number of hydrogen-bond donors (Lipinski definition) is 3. The van der Waals surface area contributed by atoms with Gasteiger partial charge in [0.15, 0.2) is 0 Å². The predicted molar refractivity (Wildman–Crippen MR) is 255 cm³/mol. The molecule has 0 aliphatic rings. The molecule has 0 saturated carbocycles. The predicted octanol–water partition coefficient (Wildman–Crippen LogP) is 15.7. The van der Waals surface area contributed by atoms with E-state index < -0.39 is 12.1 Å². The Kier molecular flexibility index (Phi) is 48.1. The smallest absolute Gasteiger partial charge is 0.305 e. The Balaban J connectivity index is 3.48. The molecule has 0 rings (SSSR count). The van der Waals surface area contributed by atoms with Gasteiger partial charge < -0.3 is 20.3 Å². The molecule has 0 saturated heterocycles. The van der Waals surface area contributed by atoms with Gasteiger partial charge in [-0.1, -0.05) is 238 Å². The van der Waals surface area contributed by atoms with E-state index in [2.05, 4.69) is 31.3 Å². The van der Waals surface area contributed by atoms with Crippen molar-refractivity contribution in [3.05, 3.63) is 12.2 Å². The van der Waals surface area contributed by atoms with Crippen molar-refractivity contribution in [1.29, 1.82) is 0 Å². The number of allylic oxidation sites excluding steroid dienone is 2. The summed E-state index contributed by atoms with van der Waals surface area (Å²) in [5, 5.41) is 23.3. The minimum atomic E-state index is -0.682. The van der Waals surface area contributed by atoms with Crippen LogP contribution in [-0.2, 0) is 14.3 Å². The van der Waals surface area contributed by atoms with Gasteiger partial charge in [-0.15, -0.1) is 0 Å². The van der Waals surface area contributed by atoms with Crippen LogP contribution in [0.5, 0.6) is 0 Å². The van der Waals surface area contributed by atoms with Crippen LogP contribution in [0.3, 0.4) is 0 Å². The molecular formula is C53H103NO5. The fraction of sp³-hybridized carbons (Fsp3) is 0.925. The van der Waals surface area contributed by atoms with Gasteiger partial charge in [0.05, 0.1) is 25.4 Å².